The molecular formula is C95H157FS7Sn. The van der Waals surface area contributed by atoms with Crippen LogP contribution in [0.3, 0.4) is 0 Å². The molecule has 3 aromatic heterocycles. The van der Waals surface area contributed by atoms with Gasteiger partial charge in [-0.3, -0.25) is 4.39 Å². The largest absolute Gasteiger partial charge is 0.255 e. The minimum absolute atomic E-state index is 0.206. The van der Waals surface area contributed by atoms with Crippen LogP contribution in [-0.2, 0) is 48.7 Å². The van der Waals surface area contributed by atoms with Gasteiger partial charge in [0.05, 0.1) is 8.52 Å². The molecule has 0 fully saturated rings. The number of hydrogen-bond donors (Lipinski definition) is 0. The number of halogens is 1. The summed E-state index contributed by atoms with van der Waals surface area (Å²) >= 11 is 11.2. The summed E-state index contributed by atoms with van der Waals surface area (Å²) < 4.78 is 22.2. The SMILES string of the molecule is CC.CC.CC.CC.CCC[CH2][Sn]([CH2]CCC)([CH2]CCC)[c]1sc(C(C)(C)C)c(C(C)(C)C)c1C(C)(C)C.Cc1sc(C(C)(C)C)c(C(C)(C)C)c1C(C)(C)C.Cc1sc(C(C)(C)C)c(C(C)(C)C)c1C(C)(C)C.[2H]CF.c1ccc2c(c1)Sc1ccccc1S2.c1ccc2c(c1)Sc1ccccc1S2. The molecule has 0 saturated carbocycles. The maximum atomic E-state index is 9.96. The van der Waals surface area contributed by atoms with Crippen molar-refractivity contribution in [2.45, 2.75) is 417 Å². The van der Waals surface area contributed by atoms with Crippen LogP contribution in [0.4, 0.5) is 4.39 Å². The van der Waals surface area contributed by atoms with Gasteiger partial charge < -0.3 is 0 Å². The molecule has 9 rings (SSSR count). The van der Waals surface area contributed by atoms with Crippen molar-refractivity contribution >= 4 is 102 Å². The maximum absolute atomic E-state index is 9.96. The van der Waals surface area contributed by atoms with Crippen molar-refractivity contribution in [3.05, 3.63) is 155 Å². The third-order valence-electron chi connectivity index (χ3n) is 17.4. The molecule has 5 heterocycles. The van der Waals surface area contributed by atoms with Crippen LogP contribution < -0.4 is 2.89 Å². The van der Waals surface area contributed by atoms with Crippen LogP contribution in [0.2, 0.25) is 13.3 Å². The number of aryl methyl sites for hydroxylation is 2. The van der Waals surface area contributed by atoms with Gasteiger partial charge in [0.25, 0.3) is 0 Å². The van der Waals surface area contributed by atoms with Gasteiger partial charge in [0.2, 0.25) is 0 Å². The van der Waals surface area contributed by atoms with E-state index in [1.54, 1.807) is 61.3 Å². The van der Waals surface area contributed by atoms with E-state index >= 15 is 0 Å². The fourth-order valence-corrected chi connectivity index (χ4v) is 43.5. The van der Waals surface area contributed by atoms with Gasteiger partial charge in [-0.25, -0.2) is 0 Å². The smallest absolute Gasteiger partial charge is 0.0785 e. The normalized spacial score (nSPS) is 12.8. The quantitative estimate of drug-likeness (QED) is 0.125. The summed E-state index contributed by atoms with van der Waals surface area (Å²) in [5, 5.41) is 0. The fourth-order valence-electron chi connectivity index (χ4n) is 13.4. The van der Waals surface area contributed by atoms with Crippen LogP contribution in [-0.4, -0.2) is 25.5 Å². The van der Waals surface area contributed by atoms with E-state index in [0.717, 1.165) is 0 Å². The van der Waals surface area contributed by atoms with Crippen molar-refractivity contribution in [1.29, 1.82) is 0 Å². The van der Waals surface area contributed by atoms with Crippen molar-refractivity contribution in [1.82, 2.24) is 0 Å². The third-order valence-corrected chi connectivity index (χ3v) is 45.5. The summed E-state index contributed by atoms with van der Waals surface area (Å²) in [5.41, 5.74) is 11.9. The van der Waals surface area contributed by atoms with E-state index in [9.17, 15) is 4.39 Å². The molecule has 0 saturated heterocycles. The van der Waals surface area contributed by atoms with E-state index in [1.807, 2.05) is 128 Å². The Labute approximate surface area is 680 Å². The van der Waals surface area contributed by atoms with Gasteiger partial charge in [-0.1, -0.05) is 276 Å². The number of thiophene rings is 3. The molecule has 104 heavy (non-hydrogen) atoms. The minimum Gasteiger partial charge on any atom is -0.255 e. The number of benzene rings is 4. The van der Waals surface area contributed by atoms with Gasteiger partial charge in [-0.05, 0) is 117 Å². The van der Waals surface area contributed by atoms with E-state index in [-0.39, 0.29) is 48.7 Å². The first-order chi connectivity index (χ1) is 48.5. The summed E-state index contributed by atoms with van der Waals surface area (Å²) in [6, 6.07) is 34.2. The molecule has 590 valence electrons. The Hall–Kier alpha value is -1.89. The van der Waals surface area contributed by atoms with E-state index in [4.69, 9.17) is 1.37 Å². The number of alkyl halides is 1. The molecule has 0 bridgehead atoms. The van der Waals surface area contributed by atoms with Crippen molar-refractivity contribution in [2.75, 3.05) is 7.15 Å². The van der Waals surface area contributed by atoms with Gasteiger partial charge in [-0.2, -0.15) is 0 Å². The minimum atomic E-state index is -2.51. The predicted octanol–water partition coefficient (Wildman–Crippen LogP) is 34.9. The van der Waals surface area contributed by atoms with E-state index in [1.165, 1.54) is 87.4 Å². The molecule has 0 N–H and O–H groups in total. The molecule has 0 radical (unpaired) electrons. The van der Waals surface area contributed by atoms with Gasteiger partial charge in [-0.15, -0.1) is 22.7 Å². The maximum Gasteiger partial charge on any atom is 0.0785 e. The third kappa shape index (κ3) is 30.0. The zero-order valence-electron chi connectivity index (χ0n) is 75.5. The molecule has 0 atom stereocenters. The van der Waals surface area contributed by atoms with Gasteiger partial charge in [0.15, 0.2) is 0 Å². The molecule has 2 aliphatic heterocycles. The molecule has 0 spiro atoms. The molecule has 0 aliphatic carbocycles. The Morgan fingerprint density at radius 2 is 0.462 bits per heavy atom. The van der Waals surface area contributed by atoms with Crippen molar-refractivity contribution in [3.8, 4) is 0 Å². The molecule has 7 aromatic rings. The molecule has 9 heteroatoms. The molecule has 0 unspecified atom stereocenters. The summed E-state index contributed by atoms with van der Waals surface area (Å²) in [6.45, 7) is 92.1. The summed E-state index contributed by atoms with van der Waals surface area (Å²) in [4.78, 5) is 18.8. The Kier molecular flexibility index (Phi) is 43.3. The molecule has 0 amide bonds. The Balaban J connectivity index is 0.00000127. The first-order valence-electron chi connectivity index (χ1n) is 40.6. The first kappa shape index (κ1) is 100. The van der Waals surface area contributed by atoms with Gasteiger partial charge in [0.1, 0.15) is 0 Å². The van der Waals surface area contributed by atoms with Gasteiger partial charge in [0, 0.05) is 58.7 Å². The van der Waals surface area contributed by atoms with Crippen molar-refractivity contribution in [2.24, 2.45) is 0 Å². The molecule has 0 nitrogen and oxygen atoms in total. The van der Waals surface area contributed by atoms with Crippen molar-refractivity contribution < 1.29 is 5.76 Å². The van der Waals surface area contributed by atoms with E-state index in [2.05, 4.69) is 330 Å². The summed E-state index contributed by atoms with van der Waals surface area (Å²) in [6.07, 6.45) is 8.39. The van der Waals surface area contributed by atoms with Crippen molar-refractivity contribution in [3.63, 3.8) is 0 Å². The summed E-state index contributed by atoms with van der Waals surface area (Å²) in [5.74, 6) is 0. The van der Waals surface area contributed by atoms with Crippen LogP contribution in [0.15, 0.2) is 136 Å². The number of hydrogen-bond acceptors (Lipinski definition) is 7. The van der Waals surface area contributed by atoms with Crippen LogP contribution >= 0.6 is 81.1 Å². The monoisotopic (exact) mass is 1660 g/mol. The second-order valence-electron chi connectivity index (χ2n) is 36.0. The Bertz CT molecular complexity index is 3210. The van der Waals surface area contributed by atoms with Crippen LogP contribution in [0, 0.1) is 13.8 Å². The Morgan fingerprint density at radius 3 is 0.625 bits per heavy atom. The zero-order chi connectivity index (χ0) is 81.9. The molecule has 4 aromatic carbocycles. The average molecular weight is 1660 g/mol. The van der Waals surface area contributed by atoms with E-state index in [0.29, 0.717) is 0 Å². The zero-order valence-corrected chi connectivity index (χ0v) is 83.1. The number of fused-ring (bicyclic) bond motifs is 4. The van der Waals surface area contributed by atoms with Gasteiger partial charge >= 0.3 is 200 Å². The van der Waals surface area contributed by atoms with Crippen LogP contribution in [0.1, 0.15) is 361 Å². The second kappa shape index (κ2) is 45.0. The second-order valence-corrected chi connectivity index (χ2v) is 57.9. The topological polar surface area (TPSA) is 0 Å². The standard InChI is InChI=1S/2C17H30S.C16H27S.2C12H8S2.3C4H9.4C2H6.CH3F.Sn/c2*1-11-12(15(2,3)4)13(16(5,6)7)14(18-11)17(8,9)10;1-14(2,3)11-10-17-13(16(7,8)9)12(11)15(4,5)6;2*1-2-6-10-9(5-1)13-11-7-3-4-8-12(11)14-10;3*1-3-4-2;5*1-2;/h2*1-10H3;1-9H3;2*1-8H;3*1,3-4H2,2H3;4*1-2H3;1H3;/i;;;;;;;;;;;;1D;. The fraction of sp³-hybridized carbons (Fsp3) is 0.621. The van der Waals surface area contributed by atoms with Crippen LogP contribution in [0.25, 0.3) is 0 Å². The average Bonchev–Trinajstić information content (AvgIpc) is 1.59. The van der Waals surface area contributed by atoms with Crippen LogP contribution in [0.5, 0.6) is 0 Å². The predicted molar refractivity (Wildman–Crippen MR) is 490 cm³/mol. The summed E-state index contributed by atoms with van der Waals surface area (Å²) in [7, 11) is -1.00. The molecular weight excluding hydrogens is 1500 g/mol. The van der Waals surface area contributed by atoms with E-state index < -0.39 is 25.5 Å². The molecule has 2 aliphatic rings. The number of rotatable bonds is 10. The Morgan fingerprint density at radius 1 is 0.288 bits per heavy atom. The number of unbranched alkanes of at least 4 members (excludes halogenated alkanes) is 3. The first-order valence-corrected chi connectivity index (χ1v) is 53.1.